The molecule has 0 radical (unpaired) electrons. The molecule has 0 aliphatic carbocycles. The largest absolute Gasteiger partial charge is 0.483 e. The fraction of sp³-hybridized carbons (Fsp3) is 0.222. The van der Waals surface area contributed by atoms with Gasteiger partial charge in [0, 0.05) is 22.8 Å². The van der Waals surface area contributed by atoms with E-state index in [4.69, 9.17) is 9.15 Å². The number of benzene rings is 2. The Balaban J connectivity index is 2.09. The molecule has 0 bridgehead atoms. The summed E-state index contributed by atoms with van der Waals surface area (Å²) in [6.07, 6.45) is 0.837. The number of rotatable bonds is 0. The number of fused-ring (bicyclic) bond motifs is 5. The second-order valence-corrected chi connectivity index (χ2v) is 5.91. The lowest BCUT2D eigenvalue weighted by atomic mass is 9.87. The van der Waals surface area contributed by atoms with Gasteiger partial charge in [-0.05, 0) is 37.6 Å². The Morgan fingerprint density at radius 3 is 2.70 bits per heavy atom. The van der Waals surface area contributed by atoms with Crippen LogP contribution in [0.5, 0.6) is 5.75 Å². The smallest absolute Gasteiger partial charge is 0.135 e. The van der Waals surface area contributed by atoms with Crippen molar-refractivity contribution in [3.8, 4) is 5.75 Å². The molecule has 0 atom stereocenters. The monoisotopic (exact) mass is 264 g/mol. The van der Waals surface area contributed by atoms with Crippen LogP contribution in [0.3, 0.4) is 0 Å². The predicted octanol–water partition coefficient (Wildman–Crippen LogP) is 4.86. The van der Waals surface area contributed by atoms with E-state index >= 15 is 0 Å². The van der Waals surface area contributed by atoms with Gasteiger partial charge in [-0.2, -0.15) is 0 Å². The van der Waals surface area contributed by atoms with E-state index in [0.29, 0.717) is 0 Å². The molecule has 0 spiro atoms. The fourth-order valence-corrected chi connectivity index (χ4v) is 2.91. The third-order valence-electron chi connectivity index (χ3n) is 4.21. The Bertz CT molecular complexity index is 852. The Morgan fingerprint density at radius 1 is 1.05 bits per heavy atom. The molecule has 0 saturated heterocycles. The van der Waals surface area contributed by atoms with E-state index in [0.717, 1.165) is 39.7 Å². The molecule has 0 amide bonds. The fourth-order valence-electron chi connectivity index (χ4n) is 2.91. The van der Waals surface area contributed by atoms with Gasteiger partial charge >= 0.3 is 0 Å². The molecule has 3 aromatic rings. The van der Waals surface area contributed by atoms with Gasteiger partial charge in [-0.25, -0.2) is 0 Å². The van der Waals surface area contributed by atoms with E-state index in [1.807, 2.05) is 30.3 Å². The predicted molar refractivity (Wildman–Crippen MR) is 81.3 cm³/mol. The molecule has 1 aliphatic rings. The molecule has 100 valence electrons. The van der Waals surface area contributed by atoms with E-state index in [1.165, 1.54) is 5.56 Å². The zero-order chi connectivity index (χ0) is 13.9. The van der Waals surface area contributed by atoms with Crippen LogP contribution in [0, 0.1) is 0 Å². The average molecular weight is 264 g/mol. The summed E-state index contributed by atoms with van der Waals surface area (Å²) in [6.45, 7) is 8.31. The highest BCUT2D eigenvalue weighted by atomic mass is 16.5. The summed E-state index contributed by atoms with van der Waals surface area (Å²) < 4.78 is 12.0. The second kappa shape index (κ2) is 3.66. The summed E-state index contributed by atoms with van der Waals surface area (Å²) in [6, 6.07) is 12.1. The molecule has 2 aromatic carbocycles. The summed E-state index contributed by atoms with van der Waals surface area (Å²) in [4.78, 5) is 0. The van der Waals surface area contributed by atoms with Gasteiger partial charge in [0.1, 0.15) is 22.5 Å². The van der Waals surface area contributed by atoms with Crippen LogP contribution < -0.4 is 4.74 Å². The van der Waals surface area contributed by atoms with Crippen molar-refractivity contribution in [2.45, 2.75) is 25.9 Å². The first-order valence-electron chi connectivity index (χ1n) is 6.87. The standard InChI is InChI=1S/C18H16O2/c1-11-10-13-15(20-18(11,2)3)8-9-16-17(13)12-6-4-5-7-14(12)19-16/h4-9H,1,10H2,2-3H3. The molecule has 2 heterocycles. The van der Waals surface area contributed by atoms with Crippen LogP contribution in [0.1, 0.15) is 19.4 Å². The van der Waals surface area contributed by atoms with Gasteiger partial charge in [-0.1, -0.05) is 24.8 Å². The number of hydrogen-bond acceptors (Lipinski definition) is 2. The summed E-state index contributed by atoms with van der Waals surface area (Å²) in [5.41, 5.74) is 3.83. The molecule has 2 heteroatoms. The summed E-state index contributed by atoms with van der Waals surface area (Å²) in [7, 11) is 0. The first-order chi connectivity index (χ1) is 9.56. The molecule has 0 unspecified atom stereocenters. The third-order valence-corrected chi connectivity index (χ3v) is 4.21. The molecule has 4 rings (SSSR count). The summed E-state index contributed by atoms with van der Waals surface area (Å²) >= 11 is 0. The van der Waals surface area contributed by atoms with Crippen molar-refractivity contribution in [1.82, 2.24) is 0 Å². The van der Waals surface area contributed by atoms with Crippen molar-refractivity contribution >= 4 is 21.9 Å². The summed E-state index contributed by atoms with van der Waals surface area (Å²) in [5.74, 6) is 0.946. The summed E-state index contributed by atoms with van der Waals surface area (Å²) in [5, 5.41) is 2.31. The Morgan fingerprint density at radius 2 is 1.85 bits per heavy atom. The minimum Gasteiger partial charge on any atom is -0.483 e. The van der Waals surface area contributed by atoms with Crippen molar-refractivity contribution in [2.75, 3.05) is 0 Å². The van der Waals surface area contributed by atoms with Crippen LogP contribution in [-0.4, -0.2) is 5.60 Å². The van der Waals surface area contributed by atoms with Crippen LogP contribution in [0.2, 0.25) is 0 Å². The van der Waals surface area contributed by atoms with Crippen LogP contribution in [0.15, 0.2) is 53.0 Å². The number of hydrogen-bond donors (Lipinski definition) is 0. The minimum absolute atomic E-state index is 0.305. The zero-order valence-electron chi connectivity index (χ0n) is 11.7. The van der Waals surface area contributed by atoms with E-state index in [9.17, 15) is 0 Å². The molecule has 1 aliphatic heterocycles. The van der Waals surface area contributed by atoms with Crippen molar-refractivity contribution in [1.29, 1.82) is 0 Å². The molecule has 0 fully saturated rings. The normalized spacial score (nSPS) is 17.2. The Labute approximate surface area is 117 Å². The van der Waals surface area contributed by atoms with Crippen LogP contribution >= 0.6 is 0 Å². The molecular formula is C18H16O2. The lowest BCUT2D eigenvalue weighted by Crippen LogP contribution is -2.34. The number of para-hydroxylation sites is 1. The molecule has 0 N–H and O–H groups in total. The maximum atomic E-state index is 6.12. The second-order valence-electron chi connectivity index (χ2n) is 5.91. The topological polar surface area (TPSA) is 22.4 Å². The molecule has 2 nitrogen and oxygen atoms in total. The first-order valence-corrected chi connectivity index (χ1v) is 6.87. The molecule has 1 aromatic heterocycles. The zero-order valence-corrected chi connectivity index (χ0v) is 11.7. The third kappa shape index (κ3) is 1.45. The van der Waals surface area contributed by atoms with E-state index in [1.54, 1.807) is 0 Å². The van der Waals surface area contributed by atoms with Gasteiger partial charge in [0.2, 0.25) is 0 Å². The minimum atomic E-state index is -0.305. The SMILES string of the molecule is C=C1Cc2c(ccc3oc4ccccc4c23)OC1(C)C. The van der Waals surface area contributed by atoms with E-state index < -0.39 is 0 Å². The van der Waals surface area contributed by atoms with Gasteiger partial charge in [0.05, 0.1) is 0 Å². The Hall–Kier alpha value is -2.22. The van der Waals surface area contributed by atoms with Crippen LogP contribution in [0.4, 0.5) is 0 Å². The van der Waals surface area contributed by atoms with Gasteiger partial charge in [-0.15, -0.1) is 0 Å². The maximum absolute atomic E-state index is 6.12. The van der Waals surface area contributed by atoms with Crippen LogP contribution in [0.25, 0.3) is 21.9 Å². The molecule has 0 saturated carbocycles. The van der Waals surface area contributed by atoms with Gasteiger partial charge in [0.15, 0.2) is 0 Å². The Kier molecular flexibility index (Phi) is 2.12. The van der Waals surface area contributed by atoms with Crippen LogP contribution in [-0.2, 0) is 6.42 Å². The number of ether oxygens (including phenoxy) is 1. The maximum Gasteiger partial charge on any atom is 0.135 e. The quantitative estimate of drug-likeness (QED) is 0.541. The van der Waals surface area contributed by atoms with E-state index in [-0.39, 0.29) is 5.60 Å². The first kappa shape index (κ1) is 11.6. The van der Waals surface area contributed by atoms with Crippen molar-refractivity contribution in [2.24, 2.45) is 0 Å². The molecule has 20 heavy (non-hydrogen) atoms. The lowest BCUT2D eigenvalue weighted by molar-refractivity contribution is 0.135. The van der Waals surface area contributed by atoms with Crippen molar-refractivity contribution < 1.29 is 9.15 Å². The lowest BCUT2D eigenvalue weighted by Gasteiger charge is -2.35. The average Bonchev–Trinajstić information content (AvgIpc) is 2.79. The van der Waals surface area contributed by atoms with Gasteiger partial charge < -0.3 is 9.15 Å². The number of furan rings is 1. The highest BCUT2D eigenvalue weighted by Gasteiger charge is 2.32. The highest BCUT2D eigenvalue weighted by molar-refractivity contribution is 6.07. The molecular weight excluding hydrogens is 248 g/mol. The highest BCUT2D eigenvalue weighted by Crippen LogP contribution is 2.42. The van der Waals surface area contributed by atoms with E-state index in [2.05, 4.69) is 26.5 Å². The van der Waals surface area contributed by atoms with Crippen molar-refractivity contribution in [3.05, 3.63) is 54.1 Å². The van der Waals surface area contributed by atoms with Crippen molar-refractivity contribution in [3.63, 3.8) is 0 Å². The van der Waals surface area contributed by atoms with Gasteiger partial charge in [0.25, 0.3) is 0 Å². The van der Waals surface area contributed by atoms with Gasteiger partial charge in [-0.3, -0.25) is 0 Å².